The van der Waals surface area contributed by atoms with E-state index in [0.717, 1.165) is 22.4 Å². The molecule has 2 atom stereocenters. The van der Waals surface area contributed by atoms with E-state index >= 15 is 0 Å². The maximum Gasteiger partial charge on any atom is 0.142 e. The fraction of sp³-hybridized carbons (Fsp3) is 0.636. The Kier molecular flexibility index (Phi) is 4.34. The minimum absolute atomic E-state index is 0.394. The van der Waals surface area contributed by atoms with Crippen molar-refractivity contribution in [2.75, 3.05) is 11.9 Å². The normalized spacial score (nSPS) is 25.4. The molecule has 2 unspecified atom stereocenters. The molecule has 1 saturated carbocycles. The van der Waals surface area contributed by atoms with Gasteiger partial charge in [0.25, 0.3) is 0 Å². The molecule has 0 radical (unpaired) electrons. The van der Waals surface area contributed by atoms with Crippen LogP contribution in [0.1, 0.15) is 25.7 Å². The molecule has 0 bridgehead atoms. The van der Waals surface area contributed by atoms with E-state index in [2.05, 4.69) is 37.9 Å². The number of hydrogen-bond donors (Lipinski definition) is 2. The maximum absolute atomic E-state index is 5.97. The van der Waals surface area contributed by atoms with E-state index in [-0.39, 0.29) is 0 Å². The second-order valence-electron chi connectivity index (χ2n) is 4.39. The Bertz CT molecular complexity index is 345. The highest BCUT2D eigenvalue weighted by atomic mass is 127. The van der Waals surface area contributed by atoms with Crippen LogP contribution in [0.25, 0.3) is 0 Å². The first-order valence-electron chi connectivity index (χ1n) is 5.70. The molecule has 5 heteroatoms. The second-order valence-corrected chi connectivity index (χ2v) is 5.56. The lowest BCUT2D eigenvalue weighted by Gasteiger charge is -2.26. The van der Waals surface area contributed by atoms with Crippen molar-refractivity contribution in [2.24, 2.45) is 11.7 Å². The van der Waals surface area contributed by atoms with Gasteiger partial charge in [0, 0.05) is 18.8 Å². The monoisotopic (exact) mass is 332 g/mol. The average molecular weight is 332 g/mol. The van der Waals surface area contributed by atoms with Gasteiger partial charge >= 0.3 is 0 Å². The molecule has 1 heterocycles. The van der Waals surface area contributed by atoms with Crippen LogP contribution in [0.15, 0.2) is 12.5 Å². The SMILES string of the molecule is NC1CCCC(CNc2ncncc2I)C1. The molecule has 0 saturated heterocycles. The molecule has 1 aliphatic carbocycles. The van der Waals surface area contributed by atoms with Crippen LogP contribution >= 0.6 is 22.6 Å². The third-order valence-corrected chi connectivity index (χ3v) is 3.84. The molecule has 16 heavy (non-hydrogen) atoms. The number of rotatable bonds is 3. The summed E-state index contributed by atoms with van der Waals surface area (Å²) in [6.07, 6.45) is 8.26. The summed E-state index contributed by atoms with van der Waals surface area (Å²) in [5.41, 5.74) is 5.97. The summed E-state index contributed by atoms with van der Waals surface area (Å²) in [4.78, 5) is 8.19. The van der Waals surface area contributed by atoms with Crippen LogP contribution in [0.5, 0.6) is 0 Å². The van der Waals surface area contributed by atoms with E-state index < -0.39 is 0 Å². The average Bonchev–Trinajstić information content (AvgIpc) is 2.28. The standard InChI is InChI=1S/C11H17IN4/c12-10-6-14-7-16-11(10)15-5-8-2-1-3-9(13)4-8/h6-9H,1-5,13H2,(H,14,15,16). The highest BCUT2D eigenvalue weighted by Gasteiger charge is 2.19. The van der Waals surface area contributed by atoms with Crippen LogP contribution in [0.4, 0.5) is 5.82 Å². The molecule has 1 aromatic rings. The van der Waals surface area contributed by atoms with Crippen LogP contribution in [-0.2, 0) is 0 Å². The Morgan fingerprint density at radius 3 is 3.12 bits per heavy atom. The van der Waals surface area contributed by atoms with Crippen LogP contribution in [0.3, 0.4) is 0 Å². The van der Waals surface area contributed by atoms with Gasteiger partial charge in [0.15, 0.2) is 0 Å². The summed E-state index contributed by atoms with van der Waals surface area (Å²) in [7, 11) is 0. The van der Waals surface area contributed by atoms with Gasteiger partial charge in [-0.25, -0.2) is 9.97 Å². The topological polar surface area (TPSA) is 63.8 Å². The molecule has 0 spiro atoms. The van der Waals surface area contributed by atoms with Crippen molar-refractivity contribution < 1.29 is 0 Å². The molecular weight excluding hydrogens is 315 g/mol. The molecule has 3 N–H and O–H groups in total. The van der Waals surface area contributed by atoms with E-state index in [9.17, 15) is 0 Å². The van der Waals surface area contributed by atoms with E-state index in [1.165, 1.54) is 19.3 Å². The van der Waals surface area contributed by atoms with Crippen molar-refractivity contribution in [3.8, 4) is 0 Å². The molecule has 4 nitrogen and oxygen atoms in total. The minimum Gasteiger partial charge on any atom is -0.369 e. The number of nitrogens with zero attached hydrogens (tertiary/aromatic N) is 2. The maximum atomic E-state index is 5.97. The van der Waals surface area contributed by atoms with Crippen molar-refractivity contribution in [1.29, 1.82) is 0 Å². The smallest absolute Gasteiger partial charge is 0.142 e. The number of halogens is 1. The summed E-state index contributed by atoms with van der Waals surface area (Å²) in [5.74, 6) is 1.63. The Balaban J connectivity index is 1.85. The van der Waals surface area contributed by atoms with Crippen molar-refractivity contribution in [3.05, 3.63) is 16.1 Å². The summed E-state index contributed by atoms with van der Waals surface area (Å²) < 4.78 is 1.07. The van der Waals surface area contributed by atoms with Crippen LogP contribution in [-0.4, -0.2) is 22.6 Å². The van der Waals surface area contributed by atoms with Crippen molar-refractivity contribution in [3.63, 3.8) is 0 Å². The first-order valence-corrected chi connectivity index (χ1v) is 6.78. The van der Waals surface area contributed by atoms with Gasteiger partial charge in [-0.15, -0.1) is 0 Å². The quantitative estimate of drug-likeness (QED) is 0.831. The zero-order valence-electron chi connectivity index (χ0n) is 9.19. The molecular formula is C11H17IN4. The van der Waals surface area contributed by atoms with Crippen molar-refractivity contribution >= 4 is 28.4 Å². The van der Waals surface area contributed by atoms with E-state index in [1.54, 1.807) is 6.33 Å². The fourth-order valence-corrected chi connectivity index (χ4v) is 2.69. The Hall–Kier alpha value is -0.430. The molecule has 0 amide bonds. The van der Waals surface area contributed by atoms with Gasteiger partial charge in [-0.3, -0.25) is 0 Å². The zero-order chi connectivity index (χ0) is 11.4. The third kappa shape index (κ3) is 3.28. The van der Waals surface area contributed by atoms with Gasteiger partial charge in [-0.1, -0.05) is 6.42 Å². The molecule has 0 aliphatic heterocycles. The lowest BCUT2D eigenvalue weighted by Crippen LogP contribution is -2.31. The molecule has 88 valence electrons. The molecule has 0 aromatic carbocycles. The first kappa shape index (κ1) is 12.0. The first-order chi connectivity index (χ1) is 7.75. The highest BCUT2D eigenvalue weighted by Crippen LogP contribution is 2.23. The summed E-state index contributed by atoms with van der Waals surface area (Å²) >= 11 is 2.25. The van der Waals surface area contributed by atoms with Gasteiger partial charge < -0.3 is 11.1 Å². The molecule has 2 rings (SSSR count). The Labute approximate surface area is 110 Å². The Morgan fingerprint density at radius 2 is 2.38 bits per heavy atom. The van der Waals surface area contributed by atoms with Gasteiger partial charge in [-0.05, 0) is 47.8 Å². The fourth-order valence-electron chi connectivity index (χ4n) is 2.20. The minimum atomic E-state index is 0.394. The van der Waals surface area contributed by atoms with E-state index in [0.29, 0.717) is 12.0 Å². The van der Waals surface area contributed by atoms with Gasteiger partial charge in [0.2, 0.25) is 0 Å². The summed E-state index contributed by atoms with van der Waals surface area (Å²) in [5, 5.41) is 3.39. The predicted octanol–water partition coefficient (Wildman–Crippen LogP) is 2.01. The number of aromatic nitrogens is 2. The molecule has 1 fully saturated rings. The molecule has 1 aromatic heterocycles. The van der Waals surface area contributed by atoms with Crippen molar-refractivity contribution in [2.45, 2.75) is 31.7 Å². The van der Waals surface area contributed by atoms with Crippen LogP contribution < -0.4 is 11.1 Å². The number of hydrogen-bond acceptors (Lipinski definition) is 4. The number of nitrogens with one attached hydrogen (secondary N) is 1. The Morgan fingerprint density at radius 1 is 1.50 bits per heavy atom. The highest BCUT2D eigenvalue weighted by molar-refractivity contribution is 14.1. The second kappa shape index (κ2) is 5.77. The lowest BCUT2D eigenvalue weighted by molar-refractivity contribution is 0.334. The number of anilines is 1. The van der Waals surface area contributed by atoms with Crippen LogP contribution in [0, 0.1) is 9.49 Å². The third-order valence-electron chi connectivity index (χ3n) is 3.05. The van der Waals surface area contributed by atoms with Gasteiger partial charge in [0.05, 0.1) is 3.57 Å². The lowest BCUT2D eigenvalue weighted by atomic mass is 9.86. The van der Waals surface area contributed by atoms with Gasteiger partial charge in [-0.2, -0.15) is 0 Å². The van der Waals surface area contributed by atoms with Gasteiger partial charge in [0.1, 0.15) is 12.1 Å². The summed E-state index contributed by atoms with van der Waals surface area (Å²) in [6.45, 7) is 0.973. The zero-order valence-corrected chi connectivity index (χ0v) is 11.4. The van der Waals surface area contributed by atoms with E-state index in [1.807, 2.05) is 6.20 Å². The predicted molar refractivity (Wildman–Crippen MR) is 73.2 cm³/mol. The van der Waals surface area contributed by atoms with Crippen molar-refractivity contribution in [1.82, 2.24) is 9.97 Å². The molecule has 1 aliphatic rings. The summed E-state index contributed by atoms with van der Waals surface area (Å²) in [6, 6.07) is 0.394. The largest absolute Gasteiger partial charge is 0.369 e. The van der Waals surface area contributed by atoms with Crippen LogP contribution in [0.2, 0.25) is 0 Å². The van der Waals surface area contributed by atoms with E-state index in [4.69, 9.17) is 5.73 Å². The number of nitrogens with two attached hydrogens (primary N) is 1.